The molecular formula is C26H22Cl2O3. The van der Waals surface area contributed by atoms with Crippen LogP contribution in [0.2, 0.25) is 10.0 Å². The first-order valence-corrected chi connectivity index (χ1v) is 10.8. The first kappa shape index (κ1) is 21.5. The predicted octanol–water partition coefficient (Wildman–Crippen LogP) is 7.62. The number of ketones is 1. The number of fused-ring (bicyclic) bond motifs is 1. The fraction of sp³-hybridized carbons (Fsp3) is 0.192. The SMILES string of the molecule is Cc1cc(OCc2ccc(Cl)cc2Cl)cc2c1C(=O)/C(=C/c1ccc(C(C)C)cc1)O2. The molecule has 0 aliphatic carbocycles. The maximum atomic E-state index is 12.9. The van der Waals surface area contributed by atoms with Crippen LogP contribution < -0.4 is 9.47 Å². The van der Waals surface area contributed by atoms with Gasteiger partial charge in [0.1, 0.15) is 18.1 Å². The molecule has 0 bridgehead atoms. The zero-order valence-electron chi connectivity index (χ0n) is 17.5. The maximum Gasteiger partial charge on any atom is 0.232 e. The van der Waals surface area contributed by atoms with E-state index in [9.17, 15) is 4.79 Å². The summed E-state index contributed by atoms with van der Waals surface area (Å²) in [6.07, 6.45) is 1.78. The van der Waals surface area contributed by atoms with E-state index in [1.54, 1.807) is 24.3 Å². The van der Waals surface area contributed by atoms with Crippen LogP contribution in [0.25, 0.3) is 6.08 Å². The van der Waals surface area contributed by atoms with E-state index < -0.39 is 0 Å². The molecule has 0 fully saturated rings. The van der Waals surface area contributed by atoms with Crippen molar-refractivity contribution in [1.82, 2.24) is 0 Å². The standard InChI is InChI=1S/C26H22Cl2O3/c1-15(2)18-6-4-17(5-7-18)11-24-26(29)25-16(3)10-21(13-23(25)31-24)30-14-19-8-9-20(27)12-22(19)28/h4-13,15H,14H2,1-3H3/b24-11-. The molecule has 0 spiro atoms. The molecule has 1 aliphatic heterocycles. The molecule has 3 nitrogen and oxygen atoms in total. The van der Waals surface area contributed by atoms with Crippen molar-refractivity contribution in [2.24, 2.45) is 0 Å². The minimum absolute atomic E-state index is 0.118. The second-order valence-electron chi connectivity index (χ2n) is 7.90. The molecule has 0 saturated carbocycles. The highest BCUT2D eigenvalue weighted by Gasteiger charge is 2.30. The smallest absolute Gasteiger partial charge is 0.232 e. The maximum absolute atomic E-state index is 12.9. The lowest BCUT2D eigenvalue weighted by Crippen LogP contribution is -2.00. The minimum Gasteiger partial charge on any atom is -0.489 e. The molecule has 0 aromatic heterocycles. The highest BCUT2D eigenvalue weighted by molar-refractivity contribution is 6.35. The van der Waals surface area contributed by atoms with Crippen molar-refractivity contribution in [3.8, 4) is 11.5 Å². The van der Waals surface area contributed by atoms with E-state index in [4.69, 9.17) is 32.7 Å². The molecule has 31 heavy (non-hydrogen) atoms. The van der Waals surface area contributed by atoms with Crippen LogP contribution in [-0.4, -0.2) is 5.78 Å². The summed E-state index contributed by atoms with van der Waals surface area (Å²) < 4.78 is 11.8. The van der Waals surface area contributed by atoms with Gasteiger partial charge in [-0.2, -0.15) is 0 Å². The van der Waals surface area contributed by atoms with Crippen molar-refractivity contribution in [2.75, 3.05) is 0 Å². The van der Waals surface area contributed by atoms with E-state index in [-0.39, 0.29) is 12.4 Å². The van der Waals surface area contributed by atoms with Gasteiger partial charge in [-0.15, -0.1) is 0 Å². The Morgan fingerprint density at radius 2 is 1.77 bits per heavy atom. The van der Waals surface area contributed by atoms with Crippen LogP contribution in [0.1, 0.15) is 52.4 Å². The Morgan fingerprint density at radius 1 is 1.03 bits per heavy atom. The molecule has 4 rings (SSSR count). The lowest BCUT2D eigenvalue weighted by Gasteiger charge is -2.10. The summed E-state index contributed by atoms with van der Waals surface area (Å²) >= 11 is 12.2. The highest BCUT2D eigenvalue weighted by Crippen LogP contribution is 2.38. The van der Waals surface area contributed by atoms with Gasteiger partial charge in [0, 0.05) is 21.7 Å². The molecule has 0 saturated heterocycles. The van der Waals surface area contributed by atoms with E-state index in [0.29, 0.717) is 38.8 Å². The third-order valence-electron chi connectivity index (χ3n) is 5.25. The summed E-state index contributed by atoms with van der Waals surface area (Å²) in [5, 5.41) is 1.12. The van der Waals surface area contributed by atoms with Crippen LogP contribution in [0.5, 0.6) is 11.5 Å². The molecule has 158 valence electrons. The Balaban J connectivity index is 1.54. The van der Waals surface area contributed by atoms with Gasteiger partial charge < -0.3 is 9.47 Å². The van der Waals surface area contributed by atoms with Gasteiger partial charge in [-0.1, -0.05) is 67.4 Å². The van der Waals surface area contributed by atoms with Crippen LogP contribution in [0, 0.1) is 6.92 Å². The number of Topliss-reactive ketones (excluding diaryl/α,β-unsaturated/α-hetero) is 1. The average Bonchev–Trinajstić information content (AvgIpc) is 3.03. The normalized spacial score (nSPS) is 14.1. The molecule has 5 heteroatoms. The Kier molecular flexibility index (Phi) is 6.08. The number of hydrogen-bond donors (Lipinski definition) is 0. The molecule has 0 amide bonds. The molecule has 0 N–H and O–H groups in total. The monoisotopic (exact) mass is 452 g/mol. The van der Waals surface area contributed by atoms with Crippen molar-refractivity contribution >= 4 is 35.1 Å². The zero-order chi connectivity index (χ0) is 22.1. The second-order valence-corrected chi connectivity index (χ2v) is 8.74. The number of carbonyl (C=O) groups is 1. The molecule has 3 aromatic carbocycles. The van der Waals surface area contributed by atoms with Crippen LogP contribution in [-0.2, 0) is 6.61 Å². The van der Waals surface area contributed by atoms with Crippen LogP contribution >= 0.6 is 23.2 Å². The predicted molar refractivity (Wildman–Crippen MR) is 125 cm³/mol. The van der Waals surface area contributed by atoms with Crippen molar-refractivity contribution in [3.05, 3.63) is 98.2 Å². The molecule has 0 unspecified atom stereocenters. The van der Waals surface area contributed by atoms with E-state index in [2.05, 4.69) is 26.0 Å². The third kappa shape index (κ3) is 4.63. The number of aryl methyl sites for hydroxylation is 1. The first-order chi connectivity index (χ1) is 14.8. The van der Waals surface area contributed by atoms with Crippen LogP contribution in [0.3, 0.4) is 0 Å². The highest BCUT2D eigenvalue weighted by atomic mass is 35.5. The summed E-state index contributed by atoms with van der Waals surface area (Å²) in [6, 6.07) is 17.0. The van der Waals surface area contributed by atoms with Crippen LogP contribution in [0.15, 0.2) is 60.4 Å². The quantitative estimate of drug-likeness (QED) is 0.373. The second kappa shape index (κ2) is 8.78. The van der Waals surface area contributed by atoms with Crippen LogP contribution in [0.4, 0.5) is 0 Å². The molecule has 3 aromatic rings. The van der Waals surface area contributed by atoms with Crippen molar-refractivity contribution in [3.63, 3.8) is 0 Å². The Morgan fingerprint density at radius 3 is 2.45 bits per heavy atom. The number of ether oxygens (including phenoxy) is 2. The van der Waals surface area contributed by atoms with Crippen molar-refractivity contribution in [1.29, 1.82) is 0 Å². The number of halogens is 2. The summed E-state index contributed by atoms with van der Waals surface area (Å²) in [5.74, 6) is 1.77. The number of rotatable bonds is 5. The van der Waals surface area contributed by atoms with Gasteiger partial charge in [-0.3, -0.25) is 4.79 Å². The molecular weight excluding hydrogens is 431 g/mol. The lowest BCUT2D eigenvalue weighted by atomic mass is 10.0. The van der Waals surface area contributed by atoms with Crippen molar-refractivity contribution < 1.29 is 14.3 Å². The van der Waals surface area contributed by atoms with E-state index in [1.165, 1.54) is 5.56 Å². The fourth-order valence-corrected chi connectivity index (χ4v) is 3.95. The average molecular weight is 453 g/mol. The number of benzene rings is 3. The van der Waals surface area contributed by atoms with E-state index >= 15 is 0 Å². The molecule has 1 heterocycles. The summed E-state index contributed by atoms with van der Waals surface area (Å²) in [6.45, 7) is 6.46. The largest absolute Gasteiger partial charge is 0.489 e. The summed E-state index contributed by atoms with van der Waals surface area (Å²) in [7, 11) is 0. The van der Waals surface area contributed by atoms with Gasteiger partial charge >= 0.3 is 0 Å². The topological polar surface area (TPSA) is 35.5 Å². The minimum atomic E-state index is -0.118. The molecule has 0 atom stereocenters. The van der Waals surface area contributed by atoms with Gasteiger partial charge in [0.05, 0.1) is 5.56 Å². The van der Waals surface area contributed by atoms with E-state index in [0.717, 1.165) is 16.7 Å². The number of allylic oxidation sites excluding steroid dienone is 1. The van der Waals surface area contributed by atoms with E-state index in [1.807, 2.05) is 31.2 Å². The lowest BCUT2D eigenvalue weighted by molar-refractivity contribution is 0.101. The fourth-order valence-electron chi connectivity index (χ4n) is 3.49. The number of hydrogen-bond acceptors (Lipinski definition) is 3. The Labute approximate surface area is 192 Å². The van der Waals surface area contributed by atoms with Crippen molar-refractivity contribution in [2.45, 2.75) is 33.3 Å². The molecule has 0 radical (unpaired) electrons. The third-order valence-corrected chi connectivity index (χ3v) is 5.84. The van der Waals surface area contributed by atoms with Gasteiger partial charge in [0.25, 0.3) is 0 Å². The Hall–Kier alpha value is -2.75. The zero-order valence-corrected chi connectivity index (χ0v) is 19.1. The Bertz CT molecular complexity index is 1180. The first-order valence-electron chi connectivity index (χ1n) is 10.1. The molecule has 1 aliphatic rings. The van der Waals surface area contributed by atoms with Gasteiger partial charge in [-0.05, 0) is 53.8 Å². The summed E-state index contributed by atoms with van der Waals surface area (Å²) in [4.78, 5) is 12.9. The van der Waals surface area contributed by atoms with Gasteiger partial charge in [-0.25, -0.2) is 0 Å². The van der Waals surface area contributed by atoms with Gasteiger partial charge in [0.15, 0.2) is 5.76 Å². The van der Waals surface area contributed by atoms with Gasteiger partial charge in [0.2, 0.25) is 5.78 Å². The summed E-state index contributed by atoms with van der Waals surface area (Å²) in [5.41, 5.74) is 4.38. The number of carbonyl (C=O) groups excluding carboxylic acids is 1.